The molecule has 0 radical (unpaired) electrons. The van der Waals surface area contributed by atoms with Gasteiger partial charge < -0.3 is 19.7 Å². The topological polar surface area (TPSA) is 109 Å². The van der Waals surface area contributed by atoms with Crippen LogP contribution in [0.15, 0.2) is 22.9 Å². The van der Waals surface area contributed by atoms with Crippen LogP contribution in [0.1, 0.15) is 45.2 Å². The number of hydrogen-bond donors (Lipinski definition) is 2. The summed E-state index contributed by atoms with van der Waals surface area (Å²) in [5.74, 6) is 0.793. The number of anilines is 1. The maximum Gasteiger partial charge on any atom is 0.356 e. The quantitative estimate of drug-likeness (QED) is 0.870. The molecule has 1 fully saturated rings. The lowest BCUT2D eigenvalue weighted by molar-refractivity contribution is 0.0689. The van der Waals surface area contributed by atoms with Crippen LogP contribution in [-0.4, -0.2) is 46.1 Å². The number of aryl methyl sites for hydroxylation is 2. The number of furan rings is 1. The van der Waals surface area contributed by atoms with Gasteiger partial charge in [0.2, 0.25) is 0 Å². The van der Waals surface area contributed by atoms with Crippen molar-refractivity contribution < 1.29 is 19.1 Å². The molecule has 0 atom stereocenters. The molecule has 0 bridgehead atoms. The molecule has 2 aromatic rings. The lowest BCUT2D eigenvalue weighted by atomic mass is 10.0. The molecule has 1 amide bonds. The monoisotopic (exact) mass is 344 g/mol. The van der Waals surface area contributed by atoms with Crippen LogP contribution < -0.4 is 10.2 Å². The fourth-order valence-corrected chi connectivity index (χ4v) is 2.97. The van der Waals surface area contributed by atoms with Crippen molar-refractivity contribution in [2.45, 2.75) is 32.7 Å². The van der Waals surface area contributed by atoms with Crippen LogP contribution in [0.25, 0.3) is 0 Å². The zero-order valence-corrected chi connectivity index (χ0v) is 14.2. The number of hydrogen-bond acceptors (Lipinski definition) is 6. The number of carboxylic acids is 1. The minimum atomic E-state index is -1.09. The number of nitrogens with one attached hydrogen (secondary N) is 1. The van der Waals surface area contributed by atoms with Crippen LogP contribution in [0.3, 0.4) is 0 Å². The Morgan fingerprint density at radius 3 is 2.48 bits per heavy atom. The van der Waals surface area contributed by atoms with Crippen molar-refractivity contribution >= 4 is 17.7 Å². The van der Waals surface area contributed by atoms with Gasteiger partial charge in [0.1, 0.15) is 17.3 Å². The van der Waals surface area contributed by atoms with Crippen molar-refractivity contribution in [2.75, 3.05) is 18.0 Å². The summed E-state index contributed by atoms with van der Waals surface area (Å²) in [5, 5.41) is 11.9. The molecule has 0 saturated carbocycles. The van der Waals surface area contributed by atoms with Crippen molar-refractivity contribution in [1.82, 2.24) is 15.3 Å². The van der Waals surface area contributed by atoms with E-state index in [1.165, 1.54) is 12.4 Å². The number of carbonyl (C=O) groups excluding carboxylic acids is 1. The fraction of sp³-hybridized carbons (Fsp3) is 0.412. The molecule has 2 N–H and O–H groups in total. The third kappa shape index (κ3) is 3.78. The van der Waals surface area contributed by atoms with Crippen LogP contribution in [0.4, 0.5) is 5.82 Å². The first-order valence-corrected chi connectivity index (χ1v) is 8.12. The van der Waals surface area contributed by atoms with Crippen LogP contribution in [0.5, 0.6) is 0 Å². The summed E-state index contributed by atoms with van der Waals surface area (Å²) in [6.07, 6.45) is 4.30. The van der Waals surface area contributed by atoms with Crippen molar-refractivity contribution in [3.05, 3.63) is 41.2 Å². The van der Waals surface area contributed by atoms with Gasteiger partial charge in [0.05, 0.1) is 18.0 Å². The maximum atomic E-state index is 12.3. The van der Waals surface area contributed by atoms with Crippen molar-refractivity contribution in [3.63, 3.8) is 0 Å². The first kappa shape index (κ1) is 16.9. The van der Waals surface area contributed by atoms with Gasteiger partial charge in [0, 0.05) is 19.1 Å². The Labute approximate surface area is 144 Å². The number of carboxylic acid groups (broad SMARTS) is 1. The summed E-state index contributed by atoms with van der Waals surface area (Å²) in [5.41, 5.74) is 0.506. The third-order valence-corrected chi connectivity index (χ3v) is 4.30. The van der Waals surface area contributed by atoms with Crippen LogP contribution in [0.2, 0.25) is 0 Å². The number of aromatic nitrogens is 2. The first-order chi connectivity index (χ1) is 11.9. The summed E-state index contributed by atoms with van der Waals surface area (Å²) in [7, 11) is 0. The lowest BCUT2D eigenvalue weighted by Gasteiger charge is -2.32. The second-order valence-electron chi connectivity index (χ2n) is 6.13. The molecule has 25 heavy (non-hydrogen) atoms. The van der Waals surface area contributed by atoms with Gasteiger partial charge in [-0.3, -0.25) is 4.79 Å². The van der Waals surface area contributed by atoms with E-state index in [9.17, 15) is 9.59 Å². The highest BCUT2D eigenvalue weighted by atomic mass is 16.4. The zero-order chi connectivity index (χ0) is 18.0. The Balaban J connectivity index is 1.55. The molecule has 132 valence electrons. The third-order valence-electron chi connectivity index (χ3n) is 4.30. The molecular weight excluding hydrogens is 324 g/mol. The standard InChI is InChI=1S/C17H20N4O4/c1-10-7-13(11(2)25-10)16(22)20-12-3-5-21(6-4-12)15-9-18-14(8-19-15)17(23)24/h7-9,12H,3-6H2,1-2H3,(H,20,22)(H,23,24). The highest BCUT2D eigenvalue weighted by Gasteiger charge is 2.23. The van der Waals surface area contributed by atoms with Crippen LogP contribution in [-0.2, 0) is 0 Å². The summed E-state index contributed by atoms with van der Waals surface area (Å²) >= 11 is 0. The molecule has 1 saturated heterocycles. The van der Waals surface area contributed by atoms with E-state index in [-0.39, 0.29) is 17.6 Å². The average molecular weight is 344 g/mol. The van der Waals surface area contributed by atoms with E-state index in [0.717, 1.165) is 31.7 Å². The van der Waals surface area contributed by atoms with Gasteiger partial charge in [0.25, 0.3) is 5.91 Å². The first-order valence-electron chi connectivity index (χ1n) is 8.12. The number of aromatic carboxylic acids is 1. The van der Waals surface area contributed by atoms with E-state index >= 15 is 0 Å². The molecule has 1 aliphatic rings. The van der Waals surface area contributed by atoms with E-state index in [1.54, 1.807) is 13.0 Å². The highest BCUT2D eigenvalue weighted by molar-refractivity contribution is 5.95. The van der Waals surface area contributed by atoms with E-state index < -0.39 is 5.97 Å². The largest absolute Gasteiger partial charge is 0.476 e. The van der Waals surface area contributed by atoms with Gasteiger partial charge >= 0.3 is 5.97 Å². The van der Waals surface area contributed by atoms with E-state index in [0.29, 0.717) is 17.1 Å². The number of nitrogens with zero attached hydrogens (tertiary/aromatic N) is 3. The van der Waals surface area contributed by atoms with Crippen LogP contribution >= 0.6 is 0 Å². The van der Waals surface area contributed by atoms with Gasteiger partial charge in [-0.25, -0.2) is 14.8 Å². The highest BCUT2D eigenvalue weighted by Crippen LogP contribution is 2.19. The second-order valence-corrected chi connectivity index (χ2v) is 6.13. The van der Waals surface area contributed by atoms with Gasteiger partial charge in [-0.2, -0.15) is 0 Å². The summed E-state index contributed by atoms with van der Waals surface area (Å²) in [6.45, 7) is 5.04. The molecule has 3 heterocycles. The molecule has 2 aromatic heterocycles. The Morgan fingerprint density at radius 1 is 1.24 bits per heavy atom. The number of rotatable bonds is 4. The predicted molar refractivity (Wildman–Crippen MR) is 89.9 cm³/mol. The predicted octanol–water partition coefficient (Wildman–Crippen LogP) is 1.78. The fourth-order valence-electron chi connectivity index (χ4n) is 2.97. The minimum absolute atomic E-state index is 0.0725. The van der Waals surface area contributed by atoms with Gasteiger partial charge in [-0.15, -0.1) is 0 Å². The van der Waals surface area contributed by atoms with Crippen LogP contribution in [0, 0.1) is 13.8 Å². The molecule has 0 unspecified atom stereocenters. The minimum Gasteiger partial charge on any atom is -0.476 e. The summed E-state index contributed by atoms with van der Waals surface area (Å²) in [6, 6.07) is 1.84. The Bertz CT molecular complexity index is 776. The molecular formula is C17H20N4O4. The number of piperidine rings is 1. The van der Waals surface area contributed by atoms with E-state index in [1.807, 2.05) is 11.8 Å². The van der Waals surface area contributed by atoms with E-state index in [2.05, 4.69) is 15.3 Å². The van der Waals surface area contributed by atoms with Crippen molar-refractivity contribution in [2.24, 2.45) is 0 Å². The Kier molecular flexibility index (Phi) is 4.69. The lowest BCUT2D eigenvalue weighted by Crippen LogP contribution is -2.45. The summed E-state index contributed by atoms with van der Waals surface area (Å²) in [4.78, 5) is 33.2. The zero-order valence-electron chi connectivity index (χ0n) is 14.2. The molecule has 1 aliphatic heterocycles. The molecule has 3 rings (SSSR count). The van der Waals surface area contributed by atoms with Gasteiger partial charge in [-0.1, -0.05) is 0 Å². The normalized spacial score (nSPS) is 15.2. The summed E-state index contributed by atoms with van der Waals surface area (Å²) < 4.78 is 5.40. The van der Waals surface area contributed by atoms with E-state index in [4.69, 9.17) is 9.52 Å². The molecule has 0 spiro atoms. The maximum absolute atomic E-state index is 12.3. The SMILES string of the molecule is Cc1cc(C(=O)NC2CCN(c3cnc(C(=O)O)cn3)CC2)c(C)o1. The molecule has 8 heteroatoms. The van der Waals surface area contributed by atoms with Gasteiger partial charge in [0.15, 0.2) is 5.69 Å². The number of carbonyl (C=O) groups is 2. The van der Waals surface area contributed by atoms with Crippen molar-refractivity contribution in [3.8, 4) is 0 Å². The molecule has 0 aromatic carbocycles. The number of amides is 1. The second kappa shape index (κ2) is 6.92. The van der Waals surface area contributed by atoms with Crippen molar-refractivity contribution in [1.29, 1.82) is 0 Å². The molecule has 0 aliphatic carbocycles. The van der Waals surface area contributed by atoms with Gasteiger partial charge in [-0.05, 0) is 32.8 Å². The Hall–Kier alpha value is -2.90. The average Bonchev–Trinajstić information content (AvgIpc) is 2.94. The Morgan fingerprint density at radius 2 is 1.96 bits per heavy atom. The molecule has 8 nitrogen and oxygen atoms in total. The smallest absolute Gasteiger partial charge is 0.356 e.